The summed E-state index contributed by atoms with van der Waals surface area (Å²) >= 11 is 0. The molecule has 158 valence electrons. The number of carboxylic acids is 4. The van der Waals surface area contributed by atoms with Crippen molar-refractivity contribution < 1.29 is 44.7 Å². The Morgan fingerprint density at radius 2 is 1.30 bits per heavy atom. The summed E-state index contributed by atoms with van der Waals surface area (Å²) in [5, 5.41) is 46.2. The van der Waals surface area contributed by atoms with Crippen molar-refractivity contribution in [2.24, 2.45) is 11.5 Å². The maximum atomic E-state index is 10.2. The smallest absolute Gasteiger partial charge is 0.320 e. The molecule has 2 saturated heterocycles. The summed E-state index contributed by atoms with van der Waals surface area (Å²) in [4.78, 5) is 38.8. The van der Waals surface area contributed by atoms with Gasteiger partial charge < -0.3 is 47.6 Å². The first-order valence-electron chi connectivity index (χ1n) is 7.99. The summed E-state index contributed by atoms with van der Waals surface area (Å²) in [6.45, 7) is 0.702. The molecule has 11 N–H and O–H groups in total. The Morgan fingerprint density at radius 3 is 1.44 bits per heavy atom. The lowest BCUT2D eigenvalue weighted by Gasteiger charge is -1.99. The van der Waals surface area contributed by atoms with E-state index in [1.807, 2.05) is 0 Å². The molecule has 0 saturated carbocycles. The first kappa shape index (κ1) is 26.9. The third-order valence-electron chi connectivity index (χ3n) is 3.11. The van der Waals surface area contributed by atoms with Gasteiger partial charge >= 0.3 is 23.9 Å². The van der Waals surface area contributed by atoms with E-state index in [0.29, 0.717) is 13.0 Å². The van der Waals surface area contributed by atoms with Crippen molar-refractivity contribution in [3.05, 3.63) is 0 Å². The average molecular weight is 396 g/mol. The molecule has 2 fully saturated rings. The number of rotatable bonds is 4. The lowest BCUT2D eigenvalue weighted by Crippen LogP contribution is -2.29. The minimum Gasteiger partial charge on any atom is -0.480 e. The van der Waals surface area contributed by atoms with Crippen molar-refractivity contribution in [1.82, 2.24) is 10.6 Å². The van der Waals surface area contributed by atoms with Crippen LogP contribution < -0.4 is 22.1 Å². The molecule has 0 aromatic carbocycles. The molecule has 3 atom stereocenters. The van der Waals surface area contributed by atoms with Crippen molar-refractivity contribution in [2.75, 3.05) is 26.2 Å². The molecule has 2 aliphatic rings. The van der Waals surface area contributed by atoms with E-state index in [1.165, 1.54) is 0 Å². The van der Waals surface area contributed by atoms with Crippen molar-refractivity contribution in [1.29, 1.82) is 0 Å². The Kier molecular flexibility index (Phi) is 15.8. The number of hydrogen-bond acceptors (Lipinski definition) is 9. The van der Waals surface area contributed by atoms with Crippen LogP contribution in [0.1, 0.15) is 19.3 Å². The molecule has 0 radical (unpaired) electrons. The van der Waals surface area contributed by atoms with Crippen LogP contribution in [-0.2, 0) is 19.2 Å². The lowest BCUT2D eigenvalue weighted by molar-refractivity contribution is -0.140. The van der Waals surface area contributed by atoms with E-state index in [4.69, 9.17) is 25.5 Å². The number of β-amino-alcohol motifs (C(OH)–C–C–N with tert-alkyl or cyclic N) is 1. The predicted octanol–water partition coefficient (Wildman–Crippen LogP) is -3.32. The third-order valence-corrected chi connectivity index (χ3v) is 3.11. The Bertz CT molecular complexity index is 456. The Morgan fingerprint density at radius 1 is 0.852 bits per heavy atom. The zero-order valence-corrected chi connectivity index (χ0v) is 14.7. The van der Waals surface area contributed by atoms with Crippen LogP contribution in [0, 0.1) is 0 Å². The van der Waals surface area contributed by atoms with Gasteiger partial charge in [-0.25, -0.2) is 0 Å². The van der Waals surface area contributed by atoms with Gasteiger partial charge in [0.2, 0.25) is 0 Å². The molecule has 1 unspecified atom stereocenters. The van der Waals surface area contributed by atoms with E-state index < -0.39 is 36.0 Å². The van der Waals surface area contributed by atoms with Crippen molar-refractivity contribution >= 4 is 23.9 Å². The van der Waals surface area contributed by atoms with E-state index in [1.54, 1.807) is 0 Å². The molecule has 0 aliphatic carbocycles. The zero-order valence-electron chi connectivity index (χ0n) is 14.7. The molecule has 2 heterocycles. The summed E-state index contributed by atoms with van der Waals surface area (Å²) in [5.74, 6) is -3.54. The average Bonchev–Trinajstić information content (AvgIpc) is 3.28. The number of carboxylic acid groups (broad SMARTS) is 4. The molecule has 0 bridgehead atoms. The minimum absolute atomic E-state index is 0.269. The van der Waals surface area contributed by atoms with Crippen LogP contribution in [0.15, 0.2) is 0 Å². The predicted molar refractivity (Wildman–Crippen MR) is 92.1 cm³/mol. The first-order chi connectivity index (χ1) is 12.5. The number of aliphatic hydroxyl groups excluding tert-OH is 1. The number of aliphatic carboxylic acids is 4. The van der Waals surface area contributed by atoms with Crippen LogP contribution in [0.5, 0.6) is 0 Å². The molecule has 2 aliphatic heterocycles. The molecule has 2 rings (SSSR count). The second-order valence-corrected chi connectivity index (χ2v) is 5.37. The van der Waals surface area contributed by atoms with Gasteiger partial charge in [-0.3, -0.25) is 19.2 Å². The molecular weight excluding hydrogens is 368 g/mol. The van der Waals surface area contributed by atoms with E-state index in [2.05, 4.69) is 22.1 Å². The number of nitrogens with one attached hydrogen (secondary N) is 2. The van der Waals surface area contributed by atoms with Gasteiger partial charge in [0.25, 0.3) is 0 Å². The Labute approximate surface area is 155 Å². The zero-order chi connectivity index (χ0) is 21.4. The van der Waals surface area contributed by atoms with Crippen molar-refractivity contribution in [3.8, 4) is 0 Å². The second-order valence-electron chi connectivity index (χ2n) is 5.37. The fourth-order valence-electron chi connectivity index (χ4n) is 1.80. The molecule has 0 aromatic heterocycles. The van der Waals surface area contributed by atoms with Crippen LogP contribution in [0.2, 0.25) is 0 Å². The highest BCUT2D eigenvalue weighted by atomic mass is 16.4. The highest BCUT2D eigenvalue weighted by Crippen LogP contribution is 2.05. The summed E-state index contributed by atoms with van der Waals surface area (Å²) < 4.78 is 0. The normalized spacial score (nSPS) is 22.7. The molecule has 13 heteroatoms. The van der Waals surface area contributed by atoms with E-state index >= 15 is 0 Å². The Hall–Kier alpha value is -2.32. The Balaban J connectivity index is 0. The van der Waals surface area contributed by atoms with Crippen LogP contribution in [-0.4, -0.2) is 93.8 Å². The van der Waals surface area contributed by atoms with E-state index in [9.17, 15) is 19.2 Å². The number of aliphatic hydroxyl groups is 1. The quantitative estimate of drug-likeness (QED) is 0.226. The molecule has 27 heavy (non-hydrogen) atoms. The lowest BCUT2D eigenvalue weighted by atomic mass is 10.2. The van der Waals surface area contributed by atoms with Gasteiger partial charge in [-0.2, -0.15) is 0 Å². The van der Waals surface area contributed by atoms with Crippen LogP contribution >= 0.6 is 0 Å². The van der Waals surface area contributed by atoms with Crippen molar-refractivity contribution in [3.63, 3.8) is 0 Å². The van der Waals surface area contributed by atoms with Gasteiger partial charge in [-0.05, 0) is 19.4 Å². The summed E-state index contributed by atoms with van der Waals surface area (Å²) in [6.07, 6.45) is 1.63. The standard InChI is InChI=1S/C5H9NO3.C5H9NO2.2C2H5NO2/c7-3-1-4(5(8)9)6-2-3;7-5(8)4-2-1-3-6-4;2*3-1-2(4)5/h3-4,6-7H,1-2H2,(H,8,9);4,6H,1-3H2,(H,7,8);2*1,3H2,(H,4,5)/t3?,4-;4-;;/m00../s1. The maximum Gasteiger partial charge on any atom is 0.320 e. The van der Waals surface area contributed by atoms with E-state index in [0.717, 1.165) is 19.4 Å². The number of nitrogens with two attached hydrogens (primary N) is 2. The largest absolute Gasteiger partial charge is 0.480 e. The van der Waals surface area contributed by atoms with E-state index in [-0.39, 0.29) is 19.1 Å². The monoisotopic (exact) mass is 396 g/mol. The second kappa shape index (κ2) is 15.9. The van der Waals surface area contributed by atoms with Crippen LogP contribution in [0.25, 0.3) is 0 Å². The minimum atomic E-state index is -0.968. The SMILES string of the molecule is NCC(=O)O.NCC(=O)O.O=C(O)[C@@H]1CC(O)CN1.O=C(O)[C@@H]1CCCN1. The fourth-order valence-corrected chi connectivity index (χ4v) is 1.80. The number of carbonyl (C=O) groups is 4. The highest BCUT2D eigenvalue weighted by molar-refractivity contribution is 5.74. The van der Waals surface area contributed by atoms with Crippen molar-refractivity contribution in [2.45, 2.75) is 37.5 Å². The maximum absolute atomic E-state index is 10.2. The number of hydrogen-bond donors (Lipinski definition) is 9. The molecule has 0 aromatic rings. The van der Waals surface area contributed by atoms with Gasteiger partial charge in [-0.15, -0.1) is 0 Å². The van der Waals surface area contributed by atoms with Gasteiger partial charge in [-0.1, -0.05) is 0 Å². The summed E-state index contributed by atoms with van der Waals surface area (Å²) in [5.41, 5.74) is 9.14. The van der Waals surface area contributed by atoms with Gasteiger partial charge in [0, 0.05) is 13.0 Å². The van der Waals surface area contributed by atoms with Gasteiger partial charge in [0.1, 0.15) is 12.1 Å². The fraction of sp³-hybridized carbons (Fsp3) is 0.714. The van der Waals surface area contributed by atoms with Crippen LogP contribution in [0.3, 0.4) is 0 Å². The summed E-state index contributed by atoms with van der Waals surface area (Å²) in [7, 11) is 0. The molecule has 0 spiro atoms. The van der Waals surface area contributed by atoms with Gasteiger partial charge in [0.15, 0.2) is 0 Å². The third kappa shape index (κ3) is 16.9. The molecule has 13 nitrogen and oxygen atoms in total. The van der Waals surface area contributed by atoms with Crippen LogP contribution in [0.4, 0.5) is 0 Å². The highest BCUT2D eigenvalue weighted by Gasteiger charge is 2.27. The topological polar surface area (TPSA) is 246 Å². The summed E-state index contributed by atoms with van der Waals surface area (Å²) in [6, 6.07) is -0.810. The first-order valence-corrected chi connectivity index (χ1v) is 7.99. The van der Waals surface area contributed by atoms with Gasteiger partial charge in [0.05, 0.1) is 19.2 Å². The molecular formula is C14H28N4O9. The molecule has 0 amide bonds.